The highest BCUT2D eigenvalue weighted by Crippen LogP contribution is 2.40. The van der Waals surface area contributed by atoms with E-state index in [-0.39, 0.29) is 5.92 Å². The van der Waals surface area contributed by atoms with Crippen LogP contribution in [0.2, 0.25) is 0 Å². The summed E-state index contributed by atoms with van der Waals surface area (Å²) in [6, 6.07) is 33.2. The SMILES string of the molecule is COc1nc2ccc(Br)cc2cc1C(/C(=C/C#N)CCCCN1CC2CC1CN2Cc1ccccc1)c1ccccc1. The van der Waals surface area contributed by atoms with Gasteiger partial charge in [0.2, 0.25) is 5.88 Å². The van der Waals surface area contributed by atoms with Crippen molar-refractivity contribution in [3.8, 4) is 11.9 Å². The van der Waals surface area contributed by atoms with Gasteiger partial charge in [0.15, 0.2) is 0 Å². The van der Waals surface area contributed by atoms with E-state index in [2.05, 4.69) is 98.5 Å². The molecule has 3 atom stereocenters. The van der Waals surface area contributed by atoms with Crippen LogP contribution in [0.25, 0.3) is 10.9 Å². The van der Waals surface area contributed by atoms with Gasteiger partial charge in [-0.05, 0) is 73.2 Å². The molecule has 3 heterocycles. The molecule has 214 valence electrons. The Morgan fingerprint density at radius 2 is 1.74 bits per heavy atom. The first-order valence-corrected chi connectivity index (χ1v) is 15.7. The van der Waals surface area contributed by atoms with Gasteiger partial charge in [-0.3, -0.25) is 9.80 Å². The number of nitrogens with zero attached hydrogens (tertiary/aromatic N) is 4. The van der Waals surface area contributed by atoms with Gasteiger partial charge in [-0.15, -0.1) is 0 Å². The normalized spacial score (nSPS) is 19.7. The van der Waals surface area contributed by atoms with E-state index in [9.17, 15) is 5.26 Å². The van der Waals surface area contributed by atoms with Crippen molar-refractivity contribution in [3.05, 3.63) is 118 Å². The van der Waals surface area contributed by atoms with Crippen molar-refractivity contribution in [2.45, 2.75) is 50.2 Å². The third-order valence-electron chi connectivity index (χ3n) is 8.88. The first kappa shape index (κ1) is 28.6. The molecule has 5 nitrogen and oxygen atoms in total. The maximum atomic E-state index is 9.85. The average molecular weight is 622 g/mol. The lowest BCUT2D eigenvalue weighted by Crippen LogP contribution is -2.46. The van der Waals surface area contributed by atoms with E-state index in [1.807, 2.05) is 18.2 Å². The van der Waals surface area contributed by atoms with Gasteiger partial charge in [-0.1, -0.05) is 76.6 Å². The molecule has 0 spiro atoms. The lowest BCUT2D eigenvalue weighted by molar-refractivity contribution is 0.121. The molecule has 0 N–H and O–H groups in total. The molecule has 2 aliphatic heterocycles. The smallest absolute Gasteiger partial charge is 0.217 e. The van der Waals surface area contributed by atoms with Crippen molar-refractivity contribution < 1.29 is 4.74 Å². The van der Waals surface area contributed by atoms with E-state index in [1.54, 1.807) is 13.2 Å². The molecule has 2 bridgehead atoms. The zero-order valence-electron chi connectivity index (χ0n) is 24.1. The van der Waals surface area contributed by atoms with Crippen LogP contribution in [0, 0.1) is 11.3 Å². The molecule has 2 saturated heterocycles. The van der Waals surface area contributed by atoms with Crippen molar-refractivity contribution >= 4 is 26.8 Å². The van der Waals surface area contributed by atoms with Crippen molar-refractivity contribution in [1.29, 1.82) is 5.26 Å². The molecule has 6 heteroatoms. The number of ether oxygens (including phenoxy) is 1. The molecular weight excluding hydrogens is 584 g/mol. The van der Waals surface area contributed by atoms with E-state index in [0.717, 1.165) is 64.4 Å². The van der Waals surface area contributed by atoms with Gasteiger partial charge >= 0.3 is 0 Å². The van der Waals surface area contributed by atoms with Crippen molar-refractivity contribution in [3.63, 3.8) is 0 Å². The number of likely N-dealkylation sites (tertiary alicyclic amines) is 2. The molecule has 3 aromatic carbocycles. The zero-order valence-corrected chi connectivity index (χ0v) is 25.7. The van der Waals surface area contributed by atoms with Crippen molar-refractivity contribution in [2.24, 2.45) is 0 Å². The highest BCUT2D eigenvalue weighted by Gasteiger charge is 2.42. The highest BCUT2D eigenvalue weighted by molar-refractivity contribution is 9.10. The summed E-state index contributed by atoms with van der Waals surface area (Å²) in [5.74, 6) is 0.502. The van der Waals surface area contributed by atoms with Crippen LogP contribution < -0.4 is 4.74 Å². The van der Waals surface area contributed by atoms with Crippen LogP contribution in [-0.2, 0) is 6.54 Å². The molecule has 3 unspecified atom stereocenters. The molecule has 2 fully saturated rings. The molecule has 6 rings (SSSR count). The van der Waals surface area contributed by atoms with Gasteiger partial charge in [-0.25, -0.2) is 4.98 Å². The van der Waals surface area contributed by atoms with Gasteiger partial charge in [0.05, 0.1) is 18.7 Å². The number of piperazine rings is 1. The minimum Gasteiger partial charge on any atom is -0.481 e. The summed E-state index contributed by atoms with van der Waals surface area (Å²) in [6.07, 6.45) is 6.04. The summed E-state index contributed by atoms with van der Waals surface area (Å²) in [6.45, 7) is 4.51. The Hall–Kier alpha value is -3.50. The average Bonchev–Trinajstić information content (AvgIpc) is 3.60. The van der Waals surface area contributed by atoms with Gasteiger partial charge in [0, 0.05) is 59.1 Å². The fourth-order valence-electron chi connectivity index (χ4n) is 6.90. The van der Waals surface area contributed by atoms with Gasteiger partial charge in [-0.2, -0.15) is 5.26 Å². The number of hydrogen-bond acceptors (Lipinski definition) is 5. The second-order valence-electron chi connectivity index (χ2n) is 11.5. The minimum atomic E-state index is -0.106. The van der Waals surface area contributed by atoms with E-state index in [0.29, 0.717) is 18.0 Å². The molecule has 0 aliphatic carbocycles. The van der Waals surface area contributed by atoms with Crippen LogP contribution >= 0.6 is 15.9 Å². The minimum absolute atomic E-state index is 0.106. The number of allylic oxidation sites excluding steroid dienone is 2. The lowest BCUT2D eigenvalue weighted by atomic mass is 9.82. The second kappa shape index (κ2) is 13.2. The fourth-order valence-corrected chi connectivity index (χ4v) is 7.28. The van der Waals surface area contributed by atoms with Gasteiger partial charge < -0.3 is 4.74 Å². The van der Waals surface area contributed by atoms with Crippen molar-refractivity contribution in [1.82, 2.24) is 14.8 Å². The molecule has 0 radical (unpaired) electrons. The standard InChI is InChI=1S/C36H37BrN4O/c1-42-36-33(21-29-20-30(37)15-16-34(29)39-36)35(27-12-6-3-7-13-27)28(17-18-38)14-8-9-19-40-24-32-22-31(40)25-41(32)23-26-10-4-2-5-11-26/h2-7,10-13,15-17,20-21,31-32,35H,8-9,14,19,22-25H2,1H3/b28-17+. The lowest BCUT2D eigenvalue weighted by Gasteiger charge is -2.34. The molecule has 0 amide bonds. The third-order valence-corrected chi connectivity index (χ3v) is 9.38. The summed E-state index contributed by atoms with van der Waals surface area (Å²) in [4.78, 5) is 10.2. The second-order valence-corrected chi connectivity index (χ2v) is 12.4. The summed E-state index contributed by atoms with van der Waals surface area (Å²) < 4.78 is 6.85. The highest BCUT2D eigenvalue weighted by atomic mass is 79.9. The Morgan fingerprint density at radius 3 is 2.45 bits per heavy atom. The number of methoxy groups -OCH3 is 1. The number of fused-ring (bicyclic) bond motifs is 3. The predicted octanol–water partition coefficient (Wildman–Crippen LogP) is 7.72. The molecule has 1 aromatic heterocycles. The largest absolute Gasteiger partial charge is 0.481 e. The van der Waals surface area contributed by atoms with Crippen LogP contribution in [0.4, 0.5) is 0 Å². The Morgan fingerprint density at radius 1 is 1.00 bits per heavy atom. The molecule has 0 saturated carbocycles. The number of benzene rings is 3. The maximum Gasteiger partial charge on any atom is 0.217 e. The van der Waals surface area contributed by atoms with E-state index >= 15 is 0 Å². The summed E-state index contributed by atoms with van der Waals surface area (Å²) in [5, 5.41) is 10.9. The third kappa shape index (κ3) is 6.29. The first-order valence-electron chi connectivity index (χ1n) is 14.9. The van der Waals surface area contributed by atoms with Gasteiger partial charge in [0.25, 0.3) is 0 Å². The topological polar surface area (TPSA) is 52.4 Å². The zero-order chi connectivity index (χ0) is 28.9. The fraction of sp³-hybridized carbons (Fsp3) is 0.333. The first-order chi connectivity index (χ1) is 20.6. The molecule has 4 aromatic rings. The Kier molecular flexibility index (Phi) is 9.00. The molecular formula is C36H37BrN4O. The molecule has 2 aliphatic rings. The number of halogens is 1. The van der Waals surface area contributed by atoms with Crippen molar-refractivity contribution in [2.75, 3.05) is 26.7 Å². The number of pyridine rings is 1. The number of rotatable bonds is 11. The Bertz CT molecular complexity index is 1580. The number of nitriles is 1. The number of hydrogen-bond donors (Lipinski definition) is 0. The van der Waals surface area contributed by atoms with E-state index in [1.165, 1.54) is 25.1 Å². The number of unbranched alkanes of at least 4 members (excludes halogenated alkanes) is 1. The Labute approximate surface area is 257 Å². The Balaban J connectivity index is 1.15. The van der Waals surface area contributed by atoms with E-state index < -0.39 is 0 Å². The van der Waals surface area contributed by atoms with E-state index in [4.69, 9.17) is 9.72 Å². The summed E-state index contributed by atoms with van der Waals surface area (Å²) >= 11 is 3.61. The van der Waals surface area contributed by atoms with Crippen LogP contribution in [0.3, 0.4) is 0 Å². The summed E-state index contributed by atoms with van der Waals surface area (Å²) in [5.41, 5.74) is 5.54. The van der Waals surface area contributed by atoms with Crippen LogP contribution in [0.1, 0.15) is 48.3 Å². The number of aromatic nitrogens is 1. The summed E-state index contributed by atoms with van der Waals surface area (Å²) in [7, 11) is 1.68. The van der Waals surface area contributed by atoms with Crippen LogP contribution in [0.15, 0.2) is 101 Å². The van der Waals surface area contributed by atoms with Crippen LogP contribution in [0.5, 0.6) is 5.88 Å². The predicted molar refractivity (Wildman–Crippen MR) is 172 cm³/mol. The quantitative estimate of drug-likeness (QED) is 0.127. The van der Waals surface area contributed by atoms with Crippen LogP contribution in [-0.4, -0.2) is 53.6 Å². The van der Waals surface area contributed by atoms with Gasteiger partial charge in [0.1, 0.15) is 0 Å². The monoisotopic (exact) mass is 620 g/mol. The maximum absolute atomic E-state index is 9.85. The molecule has 42 heavy (non-hydrogen) atoms.